The Morgan fingerprint density at radius 3 is 2.44 bits per heavy atom. The molecule has 0 atom stereocenters. The third-order valence-corrected chi connectivity index (χ3v) is 1.85. The Bertz CT molecular complexity index is 120. The first-order valence-corrected chi connectivity index (χ1v) is 3.72. The van der Waals surface area contributed by atoms with E-state index in [0.29, 0.717) is 11.2 Å². The predicted molar refractivity (Wildman–Crippen MR) is 42.2 cm³/mol. The van der Waals surface area contributed by atoms with Crippen molar-refractivity contribution in [3.63, 3.8) is 0 Å². The maximum Gasteiger partial charge on any atom is 0.166 e. The third kappa shape index (κ3) is 1.55. The van der Waals surface area contributed by atoms with Crippen molar-refractivity contribution in [2.45, 2.75) is 25.8 Å². The molecule has 1 rings (SSSR count). The van der Waals surface area contributed by atoms with Crippen LogP contribution in [0.15, 0.2) is 0 Å². The SMILES string of the molecule is CCN(C(N)=S)C1CC1. The molecule has 2 nitrogen and oxygen atoms in total. The monoisotopic (exact) mass is 144 g/mol. The van der Waals surface area contributed by atoms with Crippen molar-refractivity contribution in [1.82, 2.24) is 4.90 Å². The van der Waals surface area contributed by atoms with Crippen LogP contribution < -0.4 is 5.73 Å². The lowest BCUT2D eigenvalue weighted by Crippen LogP contribution is -2.36. The molecule has 0 spiro atoms. The summed E-state index contributed by atoms with van der Waals surface area (Å²) < 4.78 is 0. The Balaban J connectivity index is 2.37. The third-order valence-electron chi connectivity index (χ3n) is 1.61. The fraction of sp³-hybridized carbons (Fsp3) is 0.833. The maximum atomic E-state index is 5.45. The van der Waals surface area contributed by atoms with E-state index >= 15 is 0 Å². The van der Waals surface area contributed by atoms with Gasteiger partial charge in [-0.05, 0) is 32.0 Å². The summed E-state index contributed by atoms with van der Waals surface area (Å²) in [6.45, 7) is 3.04. The van der Waals surface area contributed by atoms with Gasteiger partial charge >= 0.3 is 0 Å². The van der Waals surface area contributed by atoms with Gasteiger partial charge in [0.05, 0.1) is 0 Å². The summed E-state index contributed by atoms with van der Waals surface area (Å²) >= 11 is 4.84. The Morgan fingerprint density at radius 2 is 2.33 bits per heavy atom. The van der Waals surface area contributed by atoms with Crippen LogP contribution in [-0.4, -0.2) is 22.6 Å². The number of thiocarbonyl (C=S) groups is 1. The summed E-state index contributed by atoms with van der Waals surface area (Å²) in [6.07, 6.45) is 2.54. The van der Waals surface area contributed by atoms with Gasteiger partial charge in [0.15, 0.2) is 5.11 Å². The molecule has 0 aliphatic heterocycles. The molecule has 0 amide bonds. The van der Waals surface area contributed by atoms with Crippen LogP contribution in [0.5, 0.6) is 0 Å². The average Bonchev–Trinajstić information content (AvgIpc) is 2.50. The van der Waals surface area contributed by atoms with Crippen LogP contribution >= 0.6 is 12.2 Å². The standard InChI is InChI=1S/C6H12N2S/c1-2-8(6(7)9)5-3-4-5/h5H,2-4H2,1H3,(H2,7,9). The molecule has 2 N–H and O–H groups in total. The number of rotatable bonds is 2. The van der Waals surface area contributed by atoms with E-state index in [1.807, 2.05) is 0 Å². The molecule has 1 aliphatic carbocycles. The Kier molecular flexibility index (Phi) is 1.90. The van der Waals surface area contributed by atoms with Crippen molar-refractivity contribution < 1.29 is 0 Å². The van der Waals surface area contributed by atoms with Crippen molar-refractivity contribution in [1.29, 1.82) is 0 Å². The van der Waals surface area contributed by atoms with Crippen LogP contribution in [0.3, 0.4) is 0 Å². The molecule has 0 aromatic heterocycles. The van der Waals surface area contributed by atoms with Crippen LogP contribution in [-0.2, 0) is 0 Å². The van der Waals surface area contributed by atoms with E-state index in [2.05, 4.69) is 11.8 Å². The van der Waals surface area contributed by atoms with E-state index in [1.165, 1.54) is 12.8 Å². The van der Waals surface area contributed by atoms with Gasteiger partial charge in [-0.25, -0.2) is 0 Å². The summed E-state index contributed by atoms with van der Waals surface area (Å²) in [5, 5.41) is 0.556. The second-order valence-corrected chi connectivity index (χ2v) is 2.77. The van der Waals surface area contributed by atoms with Crippen molar-refractivity contribution in [3.8, 4) is 0 Å². The second kappa shape index (κ2) is 2.52. The lowest BCUT2D eigenvalue weighted by molar-refractivity contribution is 0.435. The van der Waals surface area contributed by atoms with Gasteiger partial charge in [-0.15, -0.1) is 0 Å². The number of hydrogen-bond donors (Lipinski definition) is 1. The van der Waals surface area contributed by atoms with Gasteiger partial charge in [-0.1, -0.05) is 0 Å². The van der Waals surface area contributed by atoms with Gasteiger partial charge in [-0.3, -0.25) is 0 Å². The van der Waals surface area contributed by atoms with Crippen molar-refractivity contribution in [2.24, 2.45) is 5.73 Å². The van der Waals surface area contributed by atoms with Gasteiger partial charge in [0.2, 0.25) is 0 Å². The zero-order chi connectivity index (χ0) is 6.85. The molecule has 0 unspecified atom stereocenters. The topological polar surface area (TPSA) is 29.3 Å². The highest BCUT2D eigenvalue weighted by atomic mass is 32.1. The first-order valence-electron chi connectivity index (χ1n) is 3.31. The van der Waals surface area contributed by atoms with Crippen LogP contribution in [0, 0.1) is 0 Å². The Morgan fingerprint density at radius 1 is 1.78 bits per heavy atom. The van der Waals surface area contributed by atoms with E-state index in [4.69, 9.17) is 18.0 Å². The van der Waals surface area contributed by atoms with Gasteiger partial charge < -0.3 is 10.6 Å². The van der Waals surface area contributed by atoms with Crippen LogP contribution in [0.4, 0.5) is 0 Å². The first-order chi connectivity index (χ1) is 4.25. The average molecular weight is 144 g/mol. The van der Waals surface area contributed by atoms with E-state index in [0.717, 1.165) is 6.54 Å². The summed E-state index contributed by atoms with van der Waals surface area (Å²) in [5.74, 6) is 0. The molecule has 0 aromatic carbocycles. The molecular formula is C6H12N2S. The quantitative estimate of drug-likeness (QED) is 0.579. The lowest BCUT2D eigenvalue weighted by Gasteiger charge is -2.19. The lowest BCUT2D eigenvalue weighted by atomic mass is 10.5. The minimum atomic E-state index is 0.556. The highest BCUT2D eigenvalue weighted by Gasteiger charge is 2.28. The molecule has 0 bridgehead atoms. The fourth-order valence-electron chi connectivity index (χ4n) is 0.980. The van der Waals surface area contributed by atoms with Gasteiger partial charge in [0.25, 0.3) is 0 Å². The Hall–Kier alpha value is -0.310. The summed E-state index contributed by atoms with van der Waals surface area (Å²) in [5.41, 5.74) is 5.45. The normalized spacial score (nSPS) is 17.4. The maximum absolute atomic E-state index is 5.45. The minimum absolute atomic E-state index is 0.556. The molecule has 9 heavy (non-hydrogen) atoms. The van der Waals surface area contributed by atoms with Crippen LogP contribution in [0.25, 0.3) is 0 Å². The zero-order valence-corrected chi connectivity index (χ0v) is 6.45. The van der Waals surface area contributed by atoms with Crippen molar-refractivity contribution in [2.75, 3.05) is 6.54 Å². The van der Waals surface area contributed by atoms with E-state index in [9.17, 15) is 0 Å². The molecule has 52 valence electrons. The molecule has 1 fully saturated rings. The van der Waals surface area contributed by atoms with Crippen LogP contribution in [0.1, 0.15) is 19.8 Å². The molecule has 0 aromatic rings. The number of nitrogens with zero attached hydrogens (tertiary/aromatic N) is 1. The van der Waals surface area contributed by atoms with Gasteiger partial charge in [0, 0.05) is 12.6 Å². The van der Waals surface area contributed by atoms with Crippen molar-refractivity contribution >= 4 is 17.3 Å². The van der Waals surface area contributed by atoms with Gasteiger partial charge in [-0.2, -0.15) is 0 Å². The smallest absolute Gasteiger partial charge is 0.166 e. The predicted octanol–water partition coefficient (Wildman–Crippen LogP) is 0.714. The summed E-state index contributed by atoms with van der Waals surface area (Å²) in [6, 6.07) is 0.674. The fourth-order valence-corrected chi connectivity index (χ4v) is 1.26. The zero-order valence-electron chi connectivity index (χ0n) is 5.63. The van der Waals surface area contributed by atoms with E-state index in [-0.39, 0.29) is 0 Å². The molecule has 0 radical (unpaired) electrons. The van der Waals surface area contributed by atoms with E-state index < -0.39 is 0 Å². The molecule has 3 heteroatoms. The summed E-state index contributed by atoms with van der Waals surface area (Å²) in [4.78, 5) is 2.08. The minimum Gasteiger partial charge on any atom is -0.376 e. The molecule has 0 saturated heterocycles. The van der Waals surface area contributed by atoms with Crippen LogP contribution in [0.2, 0.25) is 0 Å². The number of hydrogen-bond acceptors (Lipinski definition) is 1. The molecule has 1 saturated carbocycles. The van der Waals surface area contributed by atoms with Crippen molar-refractivity contribution in [3.05, 3.63) is 0 Å². The summed E-state index contributed by atoms with van der Waals surface area (Å²) in [7, 11) is 0. The molecular weight excluding hydrogens is 132 g/mol. The number of nitrogens with two attached hydrogens (primary N) is 1. The highest BCUT2D eigenvalue weighted by Crippen LogP contribution is 2.25. The second-order valence-electron chi connectivity index (χ2n) is 2.36. The molecule has 1 aliphatic rings. The van der Waals surface area contributed by atoms with E-state index in [1.54, 1.807) is 0 Å². The first kappa shape index (κ1) is 6.81. The highest BCUT2D eigenvalue weighted by molar-refractivity contribution is 7.80. The Labute approximate surface area is 61.0 Å². The van der Waals surface area contributed by atoms with Gasteiger partial charge in [0.1, 0.15) is 0 Å². The molecule has 0 heterocycles. The largest absolute Gasteiger partial charge is 0.376 e.